The Morgan fingerprint density at radius 2 is 1.59 bits per heavy atom. The van der Waals surface area contributed by atoms with Gasteiger partial charge in [-0.15, -0.1) is 0 Å². The number of hydrogen-bond acceptors (Lipinski definition) is 3. The summed E-state index contributed by atoms with van der Waals surface area (Å²) in [6.45, 7) is 3.71. The first-order valence-corrected chi connectivity index (χ1v) is 10.8. The SMILES string of the molecule is C=C(Nc1ccc(F)cc1)c1nc(-c2cccn3c(-c4cccc(F)c4F)ncc23)ccc1C(F)(F)F. The topological polar surface area (TPSA) is 42.2 Å². The van der Waals surface area contributed by atoms with Crippen LogP contribution >= 0.6 is 0 Å². The molecule has 0 aliphatic carbocycles. The van der Waals surface area contributed by atoms with E-state index in [1.165, 1.54) is 40.9 Å². The van der Waals surface area contributed by atoms with Crippen LogP contribution in [-0.2, 0) is 6.18 Å². The smallest absolute Gasteiger partial charge is 0.354 e. The molecule has 4 nitrogen and oxygen atoms in total. The fourth-order valence-corrected chi connectivity index (χ4v) is 3.95. The van der Waals surface area contributed by atoms with Crippen LogP contribution in [0.5, 0.6) is 0 Å². The number of anilines is 1. The van der Waals surface area contributed by atoms with Gasteiger partial charge >= 0.3 is 6.18 Å². The van der Waals surface area contributed by atoms with Crippen LogP contribution < -0.4 is 5.32 Å². The van der Waals surface area contributed by atoms with Crippen molar-refractivity contribution in [1.82, 2.24) is 14.4 Å². The van der Waals surface area contributed by atoms with Crippen molar-refractivity contribution in [3.05, 3.63) is 114 Å². The Bertz CT molecular complexity index is 1640. The summed E-state index contributed by atoms with van der Waals surface area (Å²) < 4.78 is 84.4. The number of benzene rings is 2. The van der Waals surface area contributed by atoms with Crippen molar-refractivity contribution in [2.24, 2.45) is 0 Å². The number of hydrogen-bond donors (Lipinski definition) is 1. The van der Waals surface area contributed by atoms with Crippen LogP contribution in [-0.4, -0.2) is 14.4 Å². The summed E-state index contributed by atoms with van der Waals surface area (Å²) in [6, 6.07) is 14.1. The fraction of sp³-hybridized carbons (Fsp3) is 0.0370. The second-order valence-electron chi connectivity index (χ2n) is 8.06. The molecule has 1 N–H and O–H groups in total. The van der Waals surface area contributed by atoms with E-state index >= 15 is 0 Å². The predicted molar refractivity (Wildman–Crippen MR) is 128 cm³/mol. The van der Waals surface area contributed by atoms with Crippen LogP contribution in [0.15, 0.2) is 85.7 Å². The van der Waals surface area contributed by atoms with Crippen LogP contribution in [0, 0.1) is 17.5 Å². The molecule has 0 aliphatic rings. The number of aromatic nitrogens is 3. The van der Waals surface area contributed by atoms with E-state index in [0.29, 0.717) is 16.8 Å². The zero-order valence-corrected chi connectivity index (χ0v) is 18.8. The Balaban J connectivity index is 1.61. The predicted octanol–water partition coefficient (Wildman–Crippen LogP) is 7.58. The highest BCUT2D eigenvalue weighted by Gasteiger charge is 2.35. The van der Waals surface area contributed by atoms with Gasteiger partial charge < -0.3 is 5.32 Å². The summed E-state index contributed by atoms with van der Waals surface area (Å²) in [5.74, 6) is -2.49. The molecule has 0 bridgehead atoms. The van der Waals surface area contributed by atoms with Gasteiger partial charge in [0.1, 0.15) is 11.6 Å². The quantitative estimate of drug-likeness (QED) is 0.248. The Kier molecular flexibility index (Phi) is 5.94. The Morgan fingerprint density at radius 3 is 2.32 bits per heavy atom. The van der Waals surface area contributed by atoms with Gasteiger partial charge in [-0.3, -0.25) is 4.40 Å². The number of alkyl halides is 3. The molecule has 5 aromatic rings. The largest absolute Gasteiger partial charge is 0.418 e. The molecule has 5 rings (SSSR count). The molecular weight excluding hydrogens is 494 g/mol. The molecule has 186 valence electrons. The number of pyridine rings is 2. The monoisotopic (exact) mass is 510 g/mol. The van der Waals surface area contributed by atoms with Gasteiger partial charge in [-0.05, 0) is 60.7 Å². The number of halogens is 6. The zero-order valence-electron chi connectivity index (χ0n) is 18.8. The molecule has 0 fully saturated rings. The van der Waals surface area contributed by atoms with Crippen LogP contribution in [0.1, 0.15) is 11.3 Å². The third-order valence-electron chi connectivity index (χ3n) is 5.67. The van der Waals surface area contributed by atoms with E-state index in [2.05, 4.69) is 21.9 Å². The lowest BCUT2D eigenvalue weighted by molar-refractivity contribution is -0.138. The number of rotatable bonds is 5. The van der Waals surface area contributed by atoms with Crippen molar-refractivity contribution < 1.29 is 26.3 Å². The van der Waals surface area contributed by atoms with Gasteiger partial charge in [-0.25, -0.2) is 23.1 Å². The van der Waals surface area contributed by atoms with E-state index in [9.17, 15) is 26.3 Å². The van der Waals surface area contributed by atoms with E-state index in [4.69, 9.17) is 0 Å². The van der Waals surface area contributed by atoms with Crippen LogP contribution in [0.25, 0.3) is 33.9 Å². The maximum Gasteiger partial charge on any atom is 0.418 e. The van der Waals surface area contributed by atoms with Crippen molar-refractivity contribution in [3.63, 3.8) is 0 Å². The van der Waals surface area contributed by atoms with E-state index < -0.39 is 34.9 Å². The van der Waals surface area contributed by atoms with Crippen LogP contribution in [0.3, 0.4) is 0 Å². The first-order valence-electron chi connectivity index (χ1n) is 10.8. The molecule has 0 spiro atoms. The first-order chi connectivity index (χ1) is 17.6. The van der Waals surface area contributed by atoms with Gasteiger partial charge in [0.05, 0.1) is 39.9 Å². The minimum absolute atomic E-state index is 0.0740. The molecule has 3 aromatic heterocycles. The summed E-state index contributed by atoms with van der Waals surface area (Å²) in [6.07, 6.45) is -1.75. The maximum atomic E-state index is 14.4. The number of imidazole rings is 1. The lowest BCUT2D eigenvalue weighted by atomic mass is 10.1. The molecule has 0 saturated heterocycles. The molecule has 0 unspecified atom stereocenters. The number of nitrogens with one attached hydrogen (secondary N) is 1. The molecule has 10 heteroatoms. The van der Waals surface area contributed by atoms with Crippen molar-refractivity contribution >= 4 is 16.9 Å². The summed E-state index contributed by atoms with van der Waals surface area (Å²) in [7, 11) is 0. The van der Waals surface area contributed by atoms with Gasteiger partial charge in [0.2, 0.25) is 0 Å². The first kappa shape index (κ1) is 24.1. The van der Waals surface area contributed by atoms with Crippen LogP contribution in [0.2, 0.25) is 0 Å². The standard InChI is InChI=1S/C27H16F6N4/c1-15(35-17-9-7-16(28)8-10-17)25-20(27(31,32)33)11-12-22(36-25)18-5-3-13-37-23(18)14-34-26(37)19-4-2-6-21(29)24(19)30/h2-14,35H,1H2. The number of nitrogens with zero attached hydrogens (tertiary/aromatic N) is 3. The van der Waals surface area contributed by atoms with Gasteiger partial charge in [0, 0.05) is 17.4 Å². The number of fused-ring (bicyclic) bond motifs is 1. The maximum absolute atomic E-state index is 14.4. The molecule has 0 amide bonds. The molecule has 0 atom stereocenters. The third kappa shape index (κ3) is 4.53. The van der Waals surface area contributed by atoms with E-state index in [0.717, 1.165) is 24.3 Å². The van der Waals surface area contributed by atoms with Gasteiger partial charge in [-0.2, -0.15) is 13.2 Å². The average molecular weight is 510 g/mol. The Hall–Kier alpha value is -4.60. The lowest BCUT2D eigenvalue weighted by Gasteiger charge is -2.17. The van der Waals surface area contributed by atoms with E-state index in [-0.39, 0.29) is 22.8 Å². The van der Waals surface area contributed by atoms with E-state index in [1.54, 1.807) is 18.3 Å². The summed E-state index contributed by atoms with van der Waals surface area (Å²) in [5, 5.41) is 2.73. The third-order valence-corrected chi connectivity index (χ3v) is 5.67. The molecule has 37 heavy (non-hydrogen) atoms. The van der Waals surface area contributed by atoms with Crippen molar-refractivity contribution in [2.45, 2.75) is 6.18 Å². The summed E-state index contributed by atoms with van der Waals surface area (Å²) >= 11 is 0. The van der Waals surface area contributed by atoms with Gasteiger partial charge in [0.15, 0.2) is 11.6 Å². The summed E-state index contributed by atoms with van der Waals surface area (Å²) in [4.78, 5) is 8.47. The van der Waals surface area contributed by atoms with Gasteiger partial charge in [-0.1, -0.05) is 12.6 Å². The minimum atomic E-state index is -4.72. The fourth-order valence-electron chi connectivity index (χ4n) is 3.95. The molecule has 0 aliphatic heterocycles. The Labute approximate surface area is 206 Å². The van der Waals surface area contributed by atoms with Crippen molar-refractivity contribution in [2.75, 3.05) is 5.32 Å². The molecule has 0 saturated carbocycles. The normalized spacial score (nSPS) is 11.6. The minimum Gasteiger partial charge on any atom is -0.354 e. The van der Waals surface area contributed by atoms with Gasteiger partial charge in [0.25, 0.3) is 0 Å². The summed E-state index contributed by atoms with van der Waals surface area (Å²) in [5.41, 5.74) is -0.378. The van der Waals surface area contributed by atoms with Crippen molar-refractivity contribution in [1.29, 1.82) is 0 Å². The molecular formula is C27H16F6N4. The second kappa shape index (κ2) is 9.12. The lowest BCUT2D eigenvalue weighted by Crippen LogP contribution is -2.13. The average Bonchev–Trinajstić information content (AvgIpc) is 3.30. The highest BCUT2D eigenvalue weighted by atomic mass is 19.4. The molecule has 2 aromatic carbocycles. The highest BCUT2D eigenvalue weighted by molar-refractivity contribution is 5.82. The van der Waals surface area contributed by atoms with Crippen molar-refractivity contribution in [3.8, 4) is 22.6 Å². The zero-order chi connectivity index (χ0) is 26.3. The van der Waals surface area contributed by atoms with Crippen LogP contribution in [0.4, 0.5) is 32.0 Å². The Morgan fingerprint density at radius 1 is 0.865 bits per heavy atom. The molecule has 0 radical (unpaired) electrons. The van der Waals surface area contributed by atoms with E-state index in [1.807, 2.05) is 0 Å². The molecule has 3 heterocycles. The second-order valence-corrected chi connectivity index (χ2v) is 8.06. The highest BCUT2D eigenvalue weighted by Crippen LogP contribution is 2.36.